The topological polar surface area (TPSA) is 58.4 Å². The molecule has 0 spiro atoms. The van der Waals surface area contributed by atoms with Crippen molar-refractivity contribution in [3.05, 3.63) is 17.0 Å². The number of amides is 1. The summed E-state index contributed by atoms with van der Waals surface area (Å²) in [6.07, 6.45) is 5.32. The molecule has 2 rings (SSSR count). The van der Waals surface area contributed by atoms with Crippen molar-refractivity contribution in [1.82, 2.24) is 15.4 Å². The zero-order valence-electron chi connectivity index (χ0n) is 12.7. The average molecular weight is 279 g/mol. The number of carbonyl (C=O) groups excluding carboxylic acids is 1. The number of nitrogens with zero attached hydrogens (tertiary/aromatic N) is 2. The van der Waals surface area contributed by atoms with Crippen molar-refractivity contribution >= 4 is 5.91 Å². The summed E-state index contributed by atoms with van der Waals surface area (Å²) in [5.41, 5.74) is 2.06. The van der Waals surface area contributed by atoms with Crippen molar-refractivity contribution in [2.45, 2.75) is 58.5 Å². The van der Waals surface area contributed by atoms with Crippen molar-refractivity contribution in [2.24, 2.45) is 0 Å². The lowest BCUT2D eigenvalue weighted by atomic mass is 10.2. The maximum absolute atomic E-state index is 11.9. The molecule has 20 heavy (non-hydrogen) atoms. The Bertz CT molecular complexity index is 430. The molecule has 1 aromatic rings. The Labute approximate surface area is 120 Å². The molecule has 0 aromatic carbocycles. The van der Waals surface area contributed by atoms with Gasteiger partial charge in [0.05, 0.1) is 5.69 Å². The van der Waals surface area contributed by atoms with Crippen molar-refractivity contribution in [3.8, 4) is 0 Å². The van der Waals surface area contributed by atoms with Crippen LogP contribution in [-0.2, 0) is 11.3 Å². The fourth-order valence-electron chi connectivity index (χ4n) is 2.74. The van der Waals surface area contributed by atoms with Crippen molar-refractivity contribution in [1.29, 1.82) is 0 Å². The quantitative estimate of drug-likeness (QED) is 0.867. The summed E-state index contributed by atoms with van der Waals surface area (Å²) in [4.78, 5) is 14.0. The van der Waals surface area contributed by atoms with E-state index in [1.54, 1.807) is 0 Å². The SMILES string of the molecule is Cc1noc(C)c1CN(C)CCC(=O)NC1CCCC1. The van der Waals surface area contributed by atoms with Crippen LogP contribution in [0.15, 0.2) is 4.52 Å². The van der Waals surface area contributed by atoms with Gasteiger partial charge >= 0.3 is 0 Å². The second-order valence-corrected chi connectivity index (χ2v) is 5.84. The van der Waals surface area contributed by atoms with Crippen LogP contribution in [0.4, 0.5) is 0 Å². The van der Waals surface area contributed by atoms with Gasteiger partial charge in [-0.3, -0.25) is 4.79 Å². The summed E-state index contributed by atoms with van der Waals surface area (Å²) >= 11 is 0. The summed E-state index contributed by atoms with van der Waals surface area (Å²) in [5, 5.41) is 7.07. The molecular formula is C15H25N3O2. The maximum atomic E-state index is 11.9. The van der Waals surface area contributed by atoms with Gasteiger partial charge in [-0.2, -0.15) is 0 Å². The molecule has 0 unspecified atom stereocenters. The number of hydrogen-bond donors (Lipinski definition) is 1. The molecule has 0 bridgehead atoms. The van der Waals surface area contributed by atoms with Gasteiger partial charge in [-0.05, 0) is 33.7 Å². The van der Waals surface area contributed by atoms with Crippen LogP contribution in [0, 0.1) is 13.8 Å². The third-order valence-electron chi connectivity index (χ3n) is 4.05. The third kappa shape index (κ3) is 4.07. The van der Waals surface area contributed by atoms with Gasteiger partial charge in [0.1, 0.15) is 5.76 Å². The summed E-state index contributed by atoms with van der Waals surface area (Å²) in [7, 11) is 2.02. The fourth-order valence-corrected chi connectivity index (χ4v) is 2.74. The monoisotopic (exact) mass is 279 g/mol. The van der Waals surface area contributed by atoms with Gasteiger partial charge in [-0.1, -0.05) is 18.0 Å². The fraction of sp³-hybridized carbons (Fsp3) is 0.733. The lowest BCUT2D eigenvalue weighted by Crippen LogP contribution is -2.34. The molecular weight excluding hydrogens is 254 g/mol. The number of aromatic nitrogens is 1. The minimum Gasteiger partial charge on any atom is -0.361 e. The predicted octanol–water partition coefficient (Wildman–Crippen LogP) is 2.17. The first kappa shape index (κ1) is 15.0. The van der Waals surface area contributed by atoms with Gasteiger partial charge < -0.3 is 14.7 Å². The molecule has 1 amide bonds. The van der Waals surface area contributed by atoms with E-state index in [-0.39, 0.29) is 5.91 Å². The predicted molar refractivity (Wildman–Crippen MR) is 77.3 cm³/mol. The lowest BCUT2D eigenvalue weighted by molar-refractivity contribution is -0.122. The first-order valence-corrected chi connectivity index (χ1v) is 7.46. The Morgan fingerprint density at radius 3 is 2.70 bits per heavy atom. The minimum atomic E-state index is 0.169. The van der Waals surface area contributed by atoms with Crippen LogP contribution in [0.2, 0.25) is 0 Å². The van der Waals surface area contributed by atoms with Crippen molar-refractivity contribution < 1.29 is 9.32 Å². The molecule has 0 radical (unpaired) electrons. The number of carbonyl (C=O) groups is 1. The van der Waals surface area contributed by atoms with E-state index in [0.717, 1.165) is 42.9 Å². The Hall–Kier alpha value is -1.36. The van der Waals surface area contributed by atoms with E-state index >= 15 is 0 Å². The van der Waals surface area contributed by atoms with E-state index in [0.29, 0.717) is 12.5 Å². The standard InChI is InChI=1S/C15H25N3O2/c1-11-14(12(2)20-17-11)10-18(3)9-8-15(19)16-13-6-4-5-7-13/h13H,4-10H2,1-3H3,(H,16,19). The smallest absolute Gasteiger partial charge is 0.221 e. The van der Waals surface area contributed by atoms with E-state index in [4.69, 9.17) is 4.52 Å². The van der Waals surface area contributed by atoms with Crippen LogP contribution >= 0.6 is 0 Å². The Kier molecular flexibility index (Phi) is 5.17. The molecule has 1 N–H and O–H groups in total. The van der Waals surface area contributed by atoms with Crippen LogP contribution < -0.4 is 5.32 Å². The Morgan fingerprint density at radius 2 is 2.10 bits per heavy atom. The van der Waals surface area contributed by atoms with E-state index in [1.807, 2.05) is 20.9 Å². The Morgan fingerprint density at radius 1 is 1.40 bits per heavy atom. The van der Waals surface area contributed by atoms with Crippen LogP contribution in [-0.4, -0.2) is 35.6 Å². The molecule has 1 aliphatic carbocycles. The van der Waals surface area contributed by atoms with Crippen LogP contribution in [0.1, 0.15) is 49.1 Å². The molecule has 5 heteroatoms. The highest BCUT2D eigenvalue weighted by atomic mass is 16.5. The second-order valence-electron chi connectivity index (χ2n) is 5.84. The average Bonchev–Trinajstić information content (AvgIpc) is 3.01. The number of hydrogen-bond acceptors (Lipinski definition) is 4. The minimum absolute atomic E-state index is 0.169. The highest BCUT2D eigenvalue weighted by molar-refractivity contribution is 5.76. The molecule has 1 saturated carbocycles. The highest BCUT2D eigenvalue weighted by Crippen LogP contribution is 2.18. The highest BCUT2D eigenvalue weighted by Gasteiger charge is 2.17. The number of rotatable bonds is 6. The van der Waals surface area contributed by atoms with Gasteiger partial charge in [0.25, 0.3) is 0 Å². The largest absolute Gasteiger partial charge is 0.361 e. The summed E-state index contributed by atoms with van der Waals surface area (Å²) in [6, 6.07) is 0.412. The van der Waals surface area contributed by atoms with E-state index in [1.165, 1.54) is 12.8 Å². The summed E-state index contributed by atoms with van der Waals surface area (Å²) in [6.45, 7) is 5.41. The summed E-state index contributed by atoms with van der Waals surface area (Å²) < 4.78 is 5.15. The van der Waals surface area contributed by atoms with E-state index in [2.05, 4.69) is 15.4 Å². The second kappa shape index (κ2) is 6.88. The maximum Gasteiger partial charge on any atom is 0.221 e. The third-order valence-corrected chi connectivity index (χ3v) is 4.05. The molecule has 1 aliphatic rings. The molecule has 1 heterocycles. The van der Waals surface area contributed by atoms with Crippen molar-refractivity contribution in [3.63, 3.8) is 0 Å². The zero-order chi connectivity index (χ0) is 14.5. The molecule has 0 atom stereocenters. The lowest BCUT2D eigenvalue weighted by Gasteiger charge is -2.17. The van der Waals surface area contributed by atoms with Crippen LogP contribution in [0.25, 0.3) is 0 Å². The van der Waals surface area contributed by atoms with Gasteiger partial charge in [0, 0.05) is 31.1 Å². The van der Waals surface area contributed by atoms with Crippen LogP contribution in [0.5, 0.6) is 0 Å². The zero-order valence-corrected chi connectivity index (χ0v) is 12.7. The van der Waals surface area contributed by atoms with E-state index in [9.17, 15) is 4.79 Å². The van der Waals surface area contributed by atoms with Crippen LogP contribution in [0.3, 0.4) is 0 Å². The molecule has 1 fully saturated rings. The van der Waals surface area contributed by atoms with Gasteiger partial charge in [-0.25, -0.2) is 0 Å². The summed E-state index contributed by atoms with van der Waals surface area (Å²) in [5.74, 6) is 1.03. The normalized spacial score (nSPS) is 16.0. The van der Waals surface area contributed by atoms with E-state index < -0.39 is 0 Å². The Balaban J connectivity index is 1.71. The van der Waals surface area contributed by atoms with Gasteiger partial charge in [0.2, 0.25) is 5.91 Å². The number of nitrogens with one attached hydrogen (secondary N) is 1. The molecule has 0 aliphatic heterocycles. The first-order valence-electron chi connectivity index (χ1n) is 7.46. The molecule has 0 saturated heterocycles. The molecule has 5 nitrogen and oxygen atoms in total. The van der Waals surface area contributed by atoms with Crippen molar-refractivity contribution in [2.75, 3.05) is 13.6 Å². The first-order chi connectivity index (χ1) is 9.56. The number of aryl methyl sites for hydroxylation is 2. The van der Waals surface area contributed by atoms with Gasteiger partial charge in [-0.15, -0.1) is 0 Å². The molecule has 112 valence electrons. The van der Waals surface area contributed by atoms with Gasteiger partial charge in [0.15, 0.2) is 0 Å². The molecule has 1 aromatic heterocycles.